The molecule has 0 radical (unpaired) electrons. The molecule has 172 valence electrons. The molecular weight excluding hydrogens is 472 g/mol. The zero-order valence-electron chi connectivity index (χ0n) is 18.4. The van der Waals surface area contributed by atoms with Gasteiger partial charge >= 0.3 is 0 Å². The van der Waals surface area contributed by atoms with Crippen molar-refractivity contribution in [2.24, 2.45) is 0 Å². The van der Waals surface area contributed by atoms with Crippen LogP contribution in [0.1, 0.15) is 10.4 Å². The van der Waals surface area contributed by atoms with Crippen LogP contribution < -0.4 is 25.4 Å². The van der Waals surface area contributed by atoms with Gasteiger partial charge in [-0.15, -0.1) is 0 Å². The van der Waals surface area contributed by atoms with E-state index in [9.17, 15) is 4.79 Å². The molecule has 1 aromatic heterocycles. The number of rotatable bonds is 6. The Morgan fingerprint density at radius 3 is 2.26 bits per heavy atom. The van der Waals surface area contributed by atoms with Crippen LogP contribution >= 0.6 is 23.8 Å². The molecule has 4 aromatic rings. The largest absolute Gasteiger partial charge is 0.495 e. The number of nitrogens with zero attached hydrogens (tertiary/aromatic N) is 1. The fourth-order valence-corrected chi connectivity index (χ4v) is 3.84. The van der Waals surface area contributed by atoms with E-state index in [1.54, 1.807) is 43.8 Å². The van der Waals surface area contributed by atoms with Gasteiger partial charge in [0.05, 0.1) is 30.5 Å². The van der Waals surface area contributed by atoms with E-state index in [1.807, 2.05) is 36.4 Å². The monoisotopic (exact) mass is 492 g/mol. The second-order valence-electron chi connectivity index (χ2n) is 7.21. The molecule has 0 fully saturated rings. The number of halogens is 1. The summed E-state index contributed by atoms with van der Waals surface area (Å²) in [6.45, 7) is 0. The molecule has 0 aliphatic heterocycles. The Hall–Kier alpha value is -3.88. The number of aromatic nitrogens is 1. The van der Waals surface area contributed by atoms with E-state index in [0.29, 0.717) is 38.6 Å². The Kier molecular flexibility index (Phi) is 7.10. The lowest BCUT2D eigenvalue weighted by molar-refractivity contribution is 0.102. The van der Waals surface area contributed by atoms with Crippen molar-refractivity contribution < 1.29 is 14.3 Å². The van der Waals surface area contributed by atoms with E-state index in [1.165, 1.54) is 7.11 Å². The first-order chi connectivity index (χ1) is 16.5. The number of hydrogen-bond donors (Lipinski definition) is 3. The quantitative estimate of drug-likeness (QED) is 0.286. The SMILES string of the molecule is COc1cc(OC)c(NC(=S)Nc2ccc(NC(=O)c3cncc4ccccc34)cc2)cc1Cl. The van der Waals surface area contributed by atoms with Gasteiger partial charge in [0.25, 0.3) is 5.91 Å². The highest BCUT2D eigenvalue weighted by atomic mass is 35.5. The number of nitrogens with one attached hydrogen (secondary N) is 3. The minimum atomic E-state index is -0.231. The van der Waals surface area contributed by atoms with E-state index in [-0.39, 0.29) is 5.91 Å². The van der Waals surface area contributed by atoms with Crippen LogP contribution in [0.2, 0.25) is 5.02 Å². The Balaban J connectivity index is 1.41. The standard InChI is InChI=1S/C25H21ClN4O3S/c1-32-22-12-23(33-2)21(11-20(22)26)30-25(34)29-17-9-7-16(8-10-17)28-24(31)19-14-27-13-15-5-3-4-6-18(15)19/h3-14H,1-2H3,(H,28,31)(H2,29,30,34). The van der Waals surface area contributed by atoms with Crippen molar-refractivity contribution in [3.8, 4) is 11.5 Å². The number of hydrogen-bond acceptors (Lipinski definition) is 5. The van der Waals surface area contributed by atoms with Gasteiger partial charge in [-0.2, -0.15) is 0 Å². The summed E-state index contributed by atoms with van der Waals surface area (Å²) >= 11 is 11.6. The molecule has 3 N–H and O–H groups in total. The van der Waals surface area contributed by atoms with Crippen molar-refractivity contribution in [3.63, 3.8) is 0 Å². The minimum Gasteiger partial charge on any atom is -0.495 e. The Bertz CT molecular complexity index is 1360. The molecule has 0 unspecified atom stereocenters. The highest BCUT2D eigenvalue weighted by Crippen LogP contribution is 2.36. The number of anilines is 3. The number of thiocarbonyl (C=S) groups is 1. The van der Waals surface area contributed by atoms with Gasteiger partial charge in [-0.1, -0.05) is 35.9 Å². The molecule has 0 saturated carbocycles. The van der Waals surface area contributed by atoms with Crippen LogP contribution in [0.25, 0.3) is 10.8 Å². The molecule has 1 amide bonds. The van der Waals surface area contributed by atoms with Crippen LogP contribution in [0.15, 0.2) is 73.1 Å². The van der Waals surface area contributed by atoms with Gasteiger partial charge in [-0.05, 0) is 47.9 Å². The zero-order valence-corrected chi connectivity index (χ0v) is 20.0. The molecule has 3 aromatic carbocycles. The molecule has 0 spiro atoms. The summed E-state index contributed by atoms with van der Waals surface area (Å²) in [6.07, 6.45) is 3.30. The lowest BCUT2D eigenvalue weighted by atomic mass is 10.1. The van der Waals surface area contributed by atoms with Gasteiger partial charge in [-0.3, -0.25) is 9.78 Å². The zero-order chi connectivity index (χ0) is 24.1. The Morgan fingerprint density at radius 1 is 0.882 bits per heavy atom. The predicted molar refractivity (Wildman–Crippen MR) is 141 cm³/mol. The molecule has 0 bridgehead atoms. The highest BCUT2D eigenvalue weighted by molar-refractivity contribution is 7.80. The van der Waals surface area contributed by atoms with Crippen molar-refractivity contribution >= 4 is 62.7 Å². The number of ether oxygens (including phenoxy) is 2. The number of pyridine rings is 1. The van der Waals surface area contributed by atoms with Crippen molar-refractivity contribution in [1.82, 2.24) is 4.98 Å². The molecule has 9 heteroatoms. The molecule has 0 aliphatic carbocycles. The van der Waals surface area contributed by atoms with Gasteiger partial charge in [0, 0.05) is 35.2 Å². The number of amides is 1. The van der Waals surface area contributed by atoms with E-state index in [0.717, 1.165) is 16.5 Å². The van der Waals surface area contributed by atoms with Crippen molar-refractivity contribution in [3.05, 3.63) is 83.6 Å². The summed E-state index contributed by atoms with van der Waals surface area (Å²) in [5, 5.41) is 11.6. The van der Waals surface area contributed by atoms with Gasteiger partial charge < -0.3 is 25.4 Å². The van der Waals surface area contributed by atoms with Crippen LogP contribution in [-0.4, -0.2) is 30.2 Å². The van der Waals surface area contributed by atoms with E-state index in [2.05, 4.69) is 20.9 Å². The molecule has 1 heterocycles. The second kappa shape index (κ2) is 10.4. The molecule has 7 nitrogen and oxygen atoms in total. The van der Waals surface area contributed by atoms with Gasteiger partial charge in [0.1, 0.15) is 11.5 Å². The maximum absolute atomic E-state index is 12.8. The van der Waals surface area contributed by atoms with Gasteiger partial charge in [0.2, 0.25) is 0 Å². The lowest BCUT2D eigenvalue weighted by Crippen LogP contribution is -2.19. The third-order valence-electron chi connectivity index (χ3n) is 5.04. The third-order valence-corrected chi connectivity index (χ3v) is 5.54. The second-order valence-corrected chi connectivity index (χ2v) is 8.02. The lowest BCUT2D eigenvalue weighted by Gasteiger charge is -2.15. The van der Waals surface area contributed by atoms with Gasteiger partial charge in [0.15, 0.2) is 5.11 Å². The molecule has 4 rings (SSSR count). The summed E-state index contributed by atoms with van der Waals surface area (Å²) in [4.78, 5) is 17.0. The number of methoxy groups -OCH3 is 2. The Morgan fingerprint density at radius 2 is 1.56 bits per heavy atom. The van der Waals surface area contributed by atoms with Crippen molar-refractivity contribution in [2.75, 3.05) is 30.2 Å². The summed E-state index contributed by atoms with van der Waals surface area (Å²) in [7, 11) is 3.08. The van der Waals surface area contributed by atoms with E-state index >= 15 is 0 Å². The summed E-state index contributed by atoms with van der Waals surface area (Å²) in [5.41, 5.74) is 2.49. The fraction of sp³-hybridized carbons (Fsp3) is 0.0800. The maximum Gasteiger partial charge on any atom is 0.257 e. The smallest absolute Gasteiger partial charge is 0.257 e. The van der Waals surface area contributed by atoms with Crippen LogP contribution in [0.3, 0.4) is 0 Å². The number of carbonyl (C=O) groups is 1. The average Bonchev–Trinajstić information content (AvgIpc) is 2.85. The number of carbonyl (C=O) groups excluding carboxylic acids is 1. The summed E-state index contributed by atoms with van der Waals surface area (Å²) in [5.74, 6) is 0.803. The molecule has 0 atom stereocenters. The highest BCUT2D eigenvalue weighted by Gasteiger charge is 2.13. The number of benzene rings is 3. The normalized spacial score (nSPS) is 10.4. The first-order valence-corrected chi connectivity index (χ1v) is 11.0. The minimum absolute atomic E-state index is 0.231. The van der Waals surface area contributed by atoms with E-state index in [4.69, 9.17) is 33.3 Å². The van der Waals surface area contributed by atoms with Crippen LogP contribution in [0.5, 0.6) is 11.5 Å². The van der Waals surface area contributed by atoms with E-state index < -0.39 is 0 Å². The van der Waals surface area contributed by atoms with Crippen molar-refractivity contribution in [1.29, 1.82) is 0 Å². The first-order valence-electron chi connectivity index (χ1n) is 10.2. The summed E-state index contributed by atoms with van der Waals surface area (Å²) in [6, 6.07) is 18.2. The first kappa shape index (κ1) is 23.3. The third kappa shape index (κ3) is 5.19. The number of fused-ring (bicyclic) bond motifs is 1. The molecular formula is C25H21ClN4O3S. The molecule has 0 saturated heterocycles. The predicted octanol–water partition coefficient (Wildman–Crippen LogP) is 5.97. The van der Waals surface area contributed by atoms with Crippen LogP contribution in [-0.2, 0) is 0 Å². The van der Waals surface area contributed by atoms with Crippen molar-refractivity contribution in [2.45, 2.75) is 0 Å². The summed E-state index contributed by atoms with van der Waals surface area (Å²) < 4.78 is 10.6. The fourth-order valence-electron chi connectivity index (χ4n) is 3.38. The molecule has 0 aliphatic rings. The van der Waals surface area contributed by atoms with Crippen LogP contribution in [0, 0.1) is 0 Å². The van der Waals surface area contributed by atoms with Crippen LogP contribution in [0.4, 0.5) is 17.1 Å². The molecule has 34 heavy (non-hydrogen) atoms. The van der Waals surface area contributed by atoms with Gasteiger partial charge in [-0.25, -0.2) is 0 Å². The topological polar surface area (TPSA) is 84.5 Å². The maximum atomic E-state index is 12.8. The Labute approximate surface area is 207 Å². The average molecular weight is 493 g/mol.